The van der Waals surface area contributed by atoms with Crippen molar-refractivity contribution in [3.63, 3.8) is 0 Å². The molecule has 2 rings (SSSR count). The predicted molar refractivity (Wildman–Crippen MR) is 59.3 cm³/mol. The summed E-state index contributed by atoms with van der Waals surface area (Å²) < 4.78 is 4.63. The lowest BCUT2D eigenvalue weighted by Gasteiger charge is -2.08. The van der Waals surface area contributed by atoms with E-state index < -0.39 is 11.4 Å². The number of esters is 1. The second kappa shape index (κ2) is 3.80. The summed E-state index contributed by atoms with van der Waals surface area (Å²) >= 11 is 5.92. The first-order valence-electron chi connectivity index (χ1n) is 4.92. The maximum absolute atomic E-state index is 11.4. The topological polar surface area (TPSA) is 50.1 Å². The fraction of sp³-hybridized carbons (Fsp3) is 0.333. The van der Waals surface area contributed by atoms with Gasteiger partial charge in [-0.2, -0.15) is 5.26 Å². The number of halogens is 1. The fourth-order valence-corrected chi connectivity index (χ4v) is 1.93. The van der Waals surface area contributed by atoms with Crippen LogP contribution in [0.4, 0.5) is 0 Å². The second-order valence-corrected chi connectivity index (χ2v) is 4.35. The molecule has 0 spiro atoms. The van der Waals surface area contributed by atoms with E-state index in [0.29, 0.717) is 10.6 Å². The van der Waals surface area contributed by atoms with E-state index in [4.69, 9.17) is 16.9 Å². The lowest BCUT2D eigenvalue weighted by Crippen LogP contribution is -2.07. The number of ether oxygens (including phenoxy) is 1. The van der Waals surface area contributed by atoms with Crippen molar-refractivity contribution in [2.24, 2.45) is 0 Å². The first kappa shape index (κ1) is 11.0. The predicted octanol–water partition coefficient (Wildman–Crippen LogP) is 2.68. The first-order chi connectivity index (χ1) is 7.61. The fourth-order valence-electron chi connectivity index (χ4n) is 1.69. The Kier molecular flexibility index (Phi) is 2.61. The van der Waals surface area contributed by atoms with Crippen LogP contribution in [0.25, 0.3) is 0 Å². The number of nitrogens with zero attached hydrogens (tertiary/aromatic N) is 1. The van der Waals surface area contributed by atoms with Gasteiger partial charge in [0.05, 0.1) is 24.2 Å². The van der Waals surface area contributed by atoms with E-state index in [9.17, 15) is 4.79 Å². The first-order valence-corrected chi connectivity index (χ1v) is 5.30. The zero-order valence-corrected chi connectivity index (χ0v) is 9.54. The lowest BCUT2D eigenvalue weighted by atomic mass is 9.96. The van der Waals surface area contributed by atoms with Crippen molar-refractivity contribution in [1.29, 1.82) is 5.26 Å². The Morgan fingerprint density at radius 3 is 2.69 bits per heavy atom. The maximum atomic E-state index is 11.4. The lowest BCUT2D eigenvalue weighted by molar-refractivity contribution is 0.0600. The highest BCUT2D eigenvalue weighted by Crippen LogP contribution is 2.48. The third-order valence-corrected chi connectivity index (χ3v) is 3.05. The smallest absolute Gasteiger partial charge is 0.337 e. The van der Waals surface area contributed by atoms with Crippen molar-refractivity contribution in [3.8, 4) is 6.07 Å². The van der Waals surface area contributed by atoms with Crippen LogP contribution in [0.15, 0.2) is 18.2 Å². The number of carbonyl (C=O) groups is 1. The van der Waals surface area contributed by atoms with Gasteiger partial charge in [0.15, 0.2) is 0 Å². The number of hydrogen-bond acceptors (Lipinski definition) is 3. The van der Waals surface area contributed by atoms with Crippen LogP contribution in [0.2, 0.25) is 5.02 Å². The van der Waals surface area contributed by atoms with Crippen LogP contribution in [0.3, 0.4) is 0 Å². The minimum Gasteiger partial charge on any atom is -0.465 e. The molecule has 0 N–H and O–H groups in total. The SMILES string of the molecule is COC(=O)c1cc(Cl)cc(C2(C#N)CC2)c1. The van der Waals surface area contributed by atoms with Gasteiger partial charge in [0, 0.05) is 5.02 Å². The van der Waals surface area contributed by atoms with E-state index in [1.165, 1.54) is 7.11 Å². The Morgan fingerprint density at radius 1 is 1.50 bits per heavy atom. The van der Waals surface area contributed by atoms with Gasteiger partial charge in [-0.15, -0.1) is 0 Å². The summed E-state index contributed by atoms with van der Waals surface area (Å²) in [7, 11) is 1.32. The van der Waals surface area contributed by atoms with Crippen LogP contribution in [0.1, 0.15) is 28.8 Å². The van der Waals surface area contributed by atoms with Crippen molar-refractivity contribution in [2.75, 3.05) is 7.11 Å². The number of methoxy groups -OCH3 is 1. The quantitative estimate of drug-likeness (QED) is 0.741. The normalized spacial score (nSPS) is 16.3. The van der Waals surface area contributed by atoms with Crippen molar-refractivity contribution < 1.29 is 9.53 Å². The summed E-state index contributed by atoms with van der Waals surface area (Å²) in [4.78, 5) is 11.4. The molecule has 4 heteroatoms. The molecule has 1 aliphatic rings. The Labute approximate surface area is 98.6 Å². The van der Waals surface area contributed by atoms with E-state index in [2.05, 4.69) is 10.8 Å². The highest BCUT2D eigenvalue weighted by Gasteiger charge is 2.45. The molecule has 0 amide bonds. The molecule has 1 aliphatic carbocycles. The van der Waals surface area contributed by atoms with Crippen LogP contribution in [0, 0.1) is 11.3 Å². The van der Waals surface area contributed by atoms with Gasteiger partial charge in [0.25, 0.3) is 0 Å². The highest BCUT2D eigenvalue weighted by molar-refractivity contribution is 6.31. The van der Waals surface area contributed by atoms with Crippen LogP contribution in [0.5, 0.6) is 0 Å². The number of rotatable bonds is 2. The maximum Gasteiger partial charge on any atom is 0.337 e. The number of nitriles is 1. The molecule has 3 nitrogen and oxygen atoms in total. The molecule has 1 fully saturated rings. The Hall–Kier alpha value is -1.53. The number of benzene rings is 1. The molecular weight excluding hydrogens is 226 g/mol. The van der Waals surface area contributed by atoms with Gasteiger partial charge in [0.1, 0.15) is 0 Å². The van der Waals surface area contributed by atoms with Crippen molar-refractivity contribution >= 4 is 17.6 Å². The molecule has 1 saturated carbocycles. The minimum atomic E-state index is -0.437. The van der Waals surface area contributed by atoms with Crippen LogP contribution in [-0.2, 0) is 10.2 Å². The zero-order valence-electron chi connectivity index (χ0n) is 8.79. The molecule has 1 aromatic carbocycles. The molecule has 16 heavy (non-hydrogen) atoms. The van der Waals surface area contributed by atoms with Crippen LogP contribution >= 0.6 is 11.6 Å². The molecule has 0 bridgehead atoms. The Balaban J connectivity index is 2.45. The van der Waals surface area contributed by atoms with Crippen molar-refractivity contribution in [3.05, 3.63) is 34.3 Å². The molecule has 0 aromatic heterocycles. The average molecular weight is 236 g/mol. The average Bonchev–Trinajstić information content (AvgIpc) is 3.08. The summed E-state index contributed by atoms with van der Waals surface area (Å²) in [5.74, 6) is -0.433. The molecule has 1 aromatic rings. The number of carbonyl (C=O) groups excluding carboxylic acids is 1. The summed E-state index contributed by atoms with van der Waals surface area (Å²) in [6, 6.07) is 7.24. The van der Waals surface area contributed by atoms with E-state index >= 15 is 0 Å². The van der Waals surface area contributed by atoms with E-state index in [0.717, 1.165) is 18.4 Å². The Morgan fingerprint density at radius 2 is 2.19 bits per heavy atom. The molecular formula is C12H10ClNO2. The summed E-state index contributed by atoms with van der Waals surface area (Å²) in [6.07, 6.45) is 1.65. The van der Waals surface area contributed by atoms with E-state index in [1.54, 1.807) is 18.2 Å². The van der Waals surface area contributed by atoms with Gasteiger partial charge >= 0.3 is 5.97 Å². The largest absolute Gasteiger partial charge is 0.465 e. The van der Waals surface area contributed by atoms with Crippen molar-refractivity contribution in [1.82, 2.24) is 0 Å². The third-order valence-electron chi connectivity index (χ3n) is 2.84. The molecule has 82 valence electrons. The summed E-state index contributed by atoms with van der Waals surface area (Å²) in [6.45, 7) is 0. The monoisotopic (exact) mass is 235 g/mol. The summed E-state index contributed by atoms with van der Waals surface area (Å²) in [5.41, 5.74) is 0.766. The minimum absolute atomic E-state index is 0.395. The standard InChI is InChI=1S/C12H10ClNO2/c1-16-11(15)8-4-9(6-10(13)5-8)12(7-14)2-3-12/h4-6H,2-3H2,1H3. The van der Waals surface area contributed by atoms with Gasteiger partial charge in [-0.1, -0.05) is 11.6 Å². The molecule has 0 atom stereocenters. The van der Waals surface area contributed by atoms with Gasteiger partial charge in [-0.25, -0.2) is 4.79 Å². The molecule has 0 heterocycles. The van der Waals surface area contributed by atoms with Gasteiger partial charge in [0.2, 0.25) is 0 Å². The van der Waals surface area contributed by atoms with Crippen LogP contribution < -0.4 is 0 Å². The second-order valence-electron chi connectivity index (χ2n) is 3.91. The highest BCUT2D eigenvalue weighted by atomic mass is 35.5. The summed E-state index contributed by atoms with van der Waals surface area (Å²) in [5, 5.41) is 9.54. The molecule has 0 aliphatic heterocycles. The van der Waals surface area contributed by atoms with E-state index in [-0.39, 0.29) is 0 Å². The third kappa shape index (κ3) is 1.77. The molecule has 0 unspecified atom stereocenters. The Bertz CT molecular complexity index is 486. The van der Waals surface area contributed by atoms with Gasteiger partial charge in [-0.3, -0.25) is 0 Å². The van der Waals surface area contributed by atoms with Crippen molar-refractivity contribution in [2.45, 2.75) is 18.3 Å². The van der Waals surface area contributed by atoms with Crippen LogP contribution in [-0.4, -0.2) is 13.1 Å². The van der Waals surface area contributed by atoms with Gasteiger partial charge in [-0.05, 0) is 36.6 Å². The number of hydrogen-bond donors (Lipinski definition) is 0. The van der Waals surface area contributed by atoms with Gasteiger partial charge < -0.3 is 4.74 Å². The zero-order chi connectivity index (χ0) is 11.8. The molecule has 0 radical (unpaired) electrons. The van der Waals surface area contributed by atoms with E-state index in [1.807, 2.05) is 0 Å². The molecule has 0 saturated heterocycles.